The van der Waals surface area contributed by atoms with Crippen molar-refractivity contribution in [2.45, 2.75) is 13.5 Å². The molecule has 1 heterocycles. The predicted octanol–water partition coefficient (Wildman–Crippen LogP) is 3.27. The molecule has 1 aromatic heterocycles. The topological polar surface area (TPSA) is 137 Å². The molecule has 0 radical (unpaired) electrons. The van der Waals surface area contributed by atoms with E-state index < -0.39 is 15.8 Å². The Labute approximate surface area is 169 Å². The smallest absolute Gasteiger partial charge is 0.269 e. The minimum atomic E-state index is -0.521. The number of aryl methyl sites for hydroxylation is 1. The standard InChI is InChI=1S/C20H16N4O6/c1-13-10-17(24(29)30)7-8-18(13)21-20(26)15-4-9-19(25)22(12-15)11-14-2-5-16(6-3-14)23(27)28/h2-10,12H,11H2,1H3,(H,21,26). The molecule has 152 valence electrons. The molecule has 0 atom stereocenters. The van der Waals surface area contributed by atoms with E-state index in [-0.39, 0.29) is 29.0 Å². The van der Waals surface area contributed by atoms with E-state index in [2.05, 4.69) is 5.32 Å². The van der Waals surface area contributed by atoms with Gasteiger partial charge in [-0.05, 0) is 30.2 Å². The van der Waals surface area contributed by atoms with Gasteiger partial charge in [0.15, 0.2) is 0 Å². The molecule has 0 bridgehead atoms. The molecule has 0 aliphatic carbocycles. The van der Waals surface area contributed by atoms with Crippen LogP contribution in [0.5, 0.6) is 0 Å². The maximum absolute atomic E-state index is 12.6. The zero-order valence-corrected chi connectivity index (χ0v) is 15.8. The van der Waals surface area contributed by atoms with Crippen molar-refractivity contribution in [3.8, 4) is 0 Å². The number of amides is 1. The molecule has 3 aromatic rings. The average molecular weight is 408 g/mol. The fraction of sp³-hybridized carbons (Fsp3) is 0.100. The van der Waals surface area contributed by atoms with Crippen LogP contribution in [0.1, 0.15) is 21.5 Å². The number of nitro benzene ring substituents is 2. The molecule has 10 nitrogen and oxygen atoms in total. The Kier molecular flexibility index (Phi) is 5.68. The Morgan fingerprint density at radius 3 is 2.20 bits per heavy atom. The summed E-state index contributed by atoms with van der Waals surface area (Å²) in [7, 11) is 0. The highest BCUT2D eigenvalue weighted by atomic mass is 16.6. The monoisotopic (exact) mass is 408 g/mol. The molecule has 0 fully saturated rings. The van der Waals surface area contributed by atoms with Crippen LogP contribution >= 0.6 is 0 Å². The summed E-state index contributed by atoms with van der Waals surface area (Å²) in [4.78, 5) is 45.3. The van der Waals surface area contributed by atoms with Gasteiger partial charge in [-0.3, -0.25) is 29.8 Å². The van der Waals surface area contributed by atoms with Gasteiger partial charge in [0.05, 0.1) is 22.0 Å². The zero-order chi connectivity index (χ0) is 21.8. The number of nitrogens with zero attached hydrogens (tertiary/aromatic N) is 3. The minimum absolute atomic E-state index is 0.0577. The lowest BCUT2D eigenvalue weighted by molar-refractivity contribution is -0.385. The number of carbonyl (C=O) groups excluding carboxylic acids is 1. The second-order valence-electron chi connectivity index (χ2n) is 6.52. The highest BCUT2D eigenvalue weighted by Gasteiger charge is 2.13. The van der Waals surface area contributed by atoms with Gasteiger partial charge in [-0.25, -0.2) is 0 Å². The Bertz CT molecular complexity index is 1200. The summed E-state index contributed by atoms with van der Waals surface area (Å²) < 4.78 is 1.32. The number of hydrogen-bond acceptors (Lipinski definition) is 6. The Balaban J connectivity index is 1.80. The molecule has 0 unspecified atom stereocenters. The van der Waals surface area contributed by atoms with Gasteiger partial charge < -0.3 is 9.88 Å². The molecule has 10 heteroatoms. The Morgan fingerprint density at radius 2 is 1.60 bits per heavy atom. The third kappa shape index (κ3) is 4.55. The fourth-order valence-electron chi connectivity index (χ4n) is 2.81. The van der Waals surface area contributed by atoms with Gasteiger partial charge >= 0.3 is 0 Å². The first kappa shape index (κ1) is 20.4. The highest BCUT2D eigenvalue weighted by molar-refractivity contribution is 6.04. The van der Waals surface area contributed by atoms with Crippen molar-refractivity contribution in [1.29, 1.82) is 0 Å². The van der Waals surface area contributed by atoms with Crippen LogP contribution in [-0.2, 0) is 6.54 Å². The summed E-state index contributed by atoms with van der Waals surface area (Å²) in [6, 6.07) is 12.5. The van der Waals surface area contributed by atoms with E-state index in [9.17, 15) is 29.8 Å². The van der Waals surface area contributed by atoms with Crippen molar-refractivity contribution in [2.75, 3.05) is 5.32 Å². The Morgan fingerprint density at radius 1 is 0.967 bits per heavy atom. The normalized spacial score (nSPS) is 10.4. The van der Waals surface area contributed by atoms with E-state index >= 15 is 0 Å². The molecular formula is C20H16N4O6. The number of non-ortho nitro benzene ring substituents is 2. The van der Waals surface area contributed by atoms with Gasteiger partial charge in [-0.15, -0.1) is 0 Å². The second-order valence-corrected chi connectivity index (χ2v) is 6.52. The first-order valence-corrected chi connectivity index (χ1v) is 8.75. The lowest BCUT2D eigenvalue weighted by Crippen LogP contribution is -2.22. The average Bonchev–Trinajstić information content (AvgIpc) is 2.71. The van der Waals surface area contributed by atoms with E-state index in [0.717, 1.165) is 0 Å². The van der Waals surface area contributed by atoms with E-state index in [1.54, 1.807) is 6.92 Å². The predicted molar refractivity (Wildman–Crippen MR) is 109 cm³/mol. The Hall–Kier alpha value is -4.34. The summed E-state index contributed by atoms with van der Waals surface area (Å²) in [5.41, 5.74) is 1.34. The molecule has 0 spiro atoms. The van der Waals surface area contributed by atoms with Gasteiger partial charge in [0.25, 0.3) is 22.8 Å². The molecule has 3 rings (SSSR count). The molecule has 30 heavy (non-hydrogen) atoms. The fourth-order valence-corrected chi connectivity index (χ4v) is 2.81. The van der Waals surface area contributed by atoms with Crippen molar-refractivity contribution in [3.05, 3.63) is 108 Å². The molecule has 0 aliphatic heterocycles. The van der Waals surface area contributed by atoms with E-state index in [1.165, 1.54) is 65.4 Å². The summed E-state index contributed by atoms with van der Waals surface area (Å²) >= 11 is 0. The van der Waals surface area contributed by atoms with Crippen LogP contribution in [0.25, 0.3) is 0 Å². The number of benzene rings is 2. The van der Waals surface area contributed by atoms with Gasteiger partial charge in [-0.1, -0.05) is 12.1 Å². The SMILES string of the molecule is Cc1cc([N+](=O)[O-])ccc1NC(=O)c1ccc(=O)n(Cc2ccc([N+](=O)[O-])cc2)c1. The number of anilines is 1. The molecular weight excluding hydrogens is 392 g/mol. The first-order chi connectivity index (χ1) is 14.2. The largest absolute Gasteiger partial charge is 0.322 e. The quantitative estimate of drug-likeness (QED) is 0.491. The van der Waals surface area contributed by atoms with E-state index in [1.807, 2.05) is 0 Å². The minimum Gasteiger partial charge on any atom is -0.322 e. The third-order valence-corrected chi connectivity index (χ3v) is 4.41. The van der Waals surface area contributed by atoms with E-state index in [0.29, 0.717) is 16.8 Å². The van der Waals surface area contributed by atoms with Crippen LogP contribution in [0.15, 0.2) is 65.6 Å². The van der Waals surface area contributed by atoms with Crippen LogP contribution in [0.2, 0.25) is 0 Å². The molecule has 1 N–H and O–H groups in total. The van der Waals surface area contributed by atoms with Gasteiger partial charge in [0.2, 0.25) is 0 Å². The summed E-state index contributed by atoms with van der Waals surface area (Å²) in [5, 5.41) is 24.2. The summed E-state index contributed by atoms with van der Waals surface area (Å²) in [6.07, 6.45) is 1.39. The van der Waals surface area contributed by atoms with Gasteiger partial charge in [0, 0.05) is 42.2 Å². The number of aromatic nitrogens is 1. The van der Waals surface area contributed by atoms with Gasteiger partial charge in [0.1, 0.15) is 0 Å². The molecule has 0 aliphatic rings. The maximum Gasteiger partial charge on any atom is 0.269 e. The summed E-state index contributed by atoms with van der Waals surface area (Å²) in [6.45, 7) is 1.77. The number of nitrogens with one attached hydrogen (secondary N) is 1. The van der Waals surface area contributed by atoms with Crippen LogP contribution in [-0.4, -0.2) is 20.3 Å². The summed E-state index contributed by atoms with van der Waals surface area (Å²) in [5.74, 6) is -0.482. The lowest BCUT2D eigenvalue weighted by atomic mass is 10.1. The van der Waals surface area contributed by atoms with Crippen LogP contribution < -0.4 is 10.9 Å². The molecule has 0 saturated heterocycles. The lowest BCUT2D eigenvalue weighted by Gasteiger charge is -2.11. The number of carbonyl (C=O) groups is 1. The van der Waals surface area contributed by atoms with Crippen molar-refractivity contribution >= 4 is 23.0 Å². The number of pyridine rings is 1. The zero-order valence-electron chi connectivity index (χ0n) is 15.8. The number of nitro groups is 2. The molecule has 0 saturated carbocycles. The maximum atomic E-state index is 12.6. The molecule has 2 aromatic carbocycles. The number of hydrogen-bond donors (Lipinski definition) is 1. The van der Waals surface area contributed by atoms with Crippen LogP contribution in [0.3, 0.4) is 0 Å². The van der Waals surface area contributed by atoms with Crippen molar-refractivity contribution in [1.82, 2.24) is 4.57 Å². The van der Waals surface area contributed by atoms with Crippen LogP contribution in [0.4, 0.5) is 17.1 Å². The number of rotatable bonds is 6. The van der Waals surface area contributed by atoms with Crippen molar-refractivity contribution < 1.29 is 14.6 Å². The molecule has 1 amide bonds. The van der Waals surface area contributed by atoms with Gasteiger partial charge in [-0.2, -0.15) is 0 Å². The van der Waals surface area contributed by atoms with Crippen LogP contribution in [0, 0.1) is 27.2 Å². The van der Waals surface area contributed by atoms with E-state index in [4.69, 9.17) is 0 Å². The van der Waals surface area contributed by atoms with Crippen molar-refractivity contribution in [2.24, 2.45) is 0 Å². The van der Waals surface area contributed by atoms with Crippen molar-refractivity contribution in [3.63, 3.8) is 0 Å². The highest BCUT2D eigenvalue weighted by Crippen LogP contribution is 2.21. The first-order valence-electron chi connectivity index (χ1n) is 8.75. The third-order valence-electron chi connectivity index (χ3n) is 4.41. The second kappa shape index (κ2) is 8.35.